The molecule has 1 unspecified atom stereocenters. The van der Waals surface area contributed by atoms with E-state index in [9.17, 15) is 4.39 Å². The Kier molecular flexibility index (Phi) is 5.03. The molecule has 20 heavy (non-hydrogen) atoms. The molecule has 2 N–H and O–H groups in total. The van der Waals surface area contributed by atoms with Gasteiger partial charge >= 0.3 is 0 Å². The normalized spacial score (nSPS) is 24.7. The fourth-order valence-electron chi connectivity index (χ4n) is 3.33. The number of ether oxygens (including phenoxy) is 1. The van der Waals surface area contributed by atoms with Gasteiger partial charge < -0.3 is 10.5 Å². The molecule has 1 saturated carbocycles. The number of halogens is 1. The topological polar surface area (TPSA) is 35.2 Å². The second-order valence-corrected chi connectivity index (χ2v) is 6.33. The zero-order valence-electron chi connectivity index (χ0n) is 12.7. The average molecular weight is 279 g/mol. The molecular formula is C17H26FNO. The Morgan fingerprint density at radius 3 is 2.25 bits per heavy atom. The molecule has 0 aromatic heterocycles. The first kappa shape index (κ1) is 15.3. The molecule has 0 bridgehead atoms. The summed E-state index contributed by atoms with van der Waals surface area (Å²) in [7, 11) is 1.54. The van der Waals surface area contributed by atoms with Crippen LogP contribution in [0.25, 0.3) is 0 Å². The van der Waals surface area contributed by atoms with E-state index in [0.717, 1.165) is 24.7 Å². The van der Waals surface area contributed by atoms with Crippen molar-refractivity contribution in [1.29, 1.82) is 0 Å². The van der Waals surface area contributed by atoms with Crippen LogP contribution in [0.2, 0.25) is 0 Å². The van der Waals surface area contributed by atoms with Crippen LogP contribution in [0.4, 0.5) is 4.39 Å². The molecule has 0 saturated heterocycles. The predicted octanol–water partition coefficient (Wildman–Crippen LogP) is 4.30. The predicted molar refractivity (Wildman–Crippen MR) is 80.2 cm³/mol. The van der Waals surface area contributed by atoms with Crippen molar-refractivity contribution in [1.82, 2.24) is 0 Å². The molecule has 112 valence electrons. The van der Waals surface area contributed by atoms with Crippen molar-refractivity contribution in [3.05, 3.63) is 29.6 Å². The Hall–Kier alpha value is -1.09. The van der Waals surface area contributed by atoms with Crippen LogP contribution in [0.5, 0.6) is 5.75 Å². The molecule has 1 fully saturated rings. The van der Waals surface area contributed by atoms with Crippen LogP contribution < -0.4 is 10.5 Å². The highest BCUT2D eigenvalue weighted by Crippen LogP contribution is 2.39. The molecule has 1 aliphatic rings. The lowest BCUT2D eigenvalue weighted by Gasteiger charge is -2.34. The van der Waals surface area contributed by atoms with Crippen molar-refractivity contribution in [2.75, 3.05) is 7.11 Å². The quantitative estimate of drug-likeness (QED) is 0.892. The Labute approximate surface area is 121 Å². The summed E-state index contributed by atoms with van der Waals surface area (Å²) in [6.07, 6.45) is 4.65. The zero-order chi connectivity index (χ0) is 14.7. The van der Waals surface area contributed by atoms with Crippen molar-refractivity contribution in [3.8, 4) is 5.75 Å². The minimum absolute atomic E-state index is 0.200. The summed E-state index contributed by atoms with van der Waals surface area (Å²) in [5.41, 5.74) is 6.93. The van der Waals surface area contributed by atoms with Crippen LogP contribution in [-0.2, 0) is 0 Å². The Morgan fingerprint density at radius 2 is 1.75 bits per heavy atom. The summed E-state index contributed by atoms with van der Waals surface area (Å²) in [6, 6.07) is 4.79. The average Bonchev–Trinajstić information content (AvgIpc) is 2.46. The molecule has 2 nitrogen and oxygen atoms in total. The lowest BCUT2D eigenvalue weighted by atomic mass is 9.73. The van der Waals surface area contributed by atoms with Crippen molar-refractivity contribution in [3.63, 3.8) is 0 Å². The van der Waals surface area contributed by atoms with Gasteiger partial charge in [-0.1, -0.05) is 19.9 Å². The van der Waals surface area contributed by atoms with Gasteiger partial charge in [-0.2, -0.15) is 0 Å². The van der Waals surface area contributed by atoms with E-state index in [1.54, 1.807) is 19.2 Å². The molecule has 1 aliphatic carbocycles. The van der Waals surface area contributed by atoms with Gasteiger partial charge in [0.05, 0.1) is 7.11 Å². The van der Waals surface area contributed by atoms with Crippen molar-refractivity contribution in [2.24, 2.45) is 23.5 Å². The van der Waals surface area contributed by atoms with Crippen LogP contribution in [0, 0.1) is 23.6 Å². The SMILES string of the molecule is COc1ccc(C(N)C2CCC(C(C)C)CC2)c(F)c1. The Bertz CT molecular complexity index is 439. The highest BCUT2D eigenvalue weighted by atomic mass is 19.1. The molecule has 0 radical (unpaired) electrons. The fraction of sp³-hybridized carbons (Fsp3) is 0.647. The first-order valence-electron chi connectivity index (χ1n) is 7.62. The third kappa shape index (κ3) is 3.32. The Balaban J connectivity index is 2.03. The summed E-state index contributed by atoms with van der Waals surface area (Å²) < 4.78 is 19.1. The largest absolute Gasteiger partial charge is 0.497 e. The second kappa shape index (κ2) is 6.57. The maximum atomic E-state index is 14.1. The maximum Gasteiger partial charge on any atom is 0.131 e. The van der Waals surface area contributed by atoms with Gasteiger partial charge in [0.25, 0.3) is 0 Å². The molecule has 3 heteroatoms. The molecular weight excluding hydrogens is 253 g/mol. The number of methoxy groups -OCH3 is 1. The highest BCUT2D eigenvalue weighted by Gasteiger charge is 2.28. The maximum absolute atomic E-state index is 14.1. The van der Waals surface area contributed by atoms with Crippen LogP contribution in [0.1, 0.15) is 51.1 Å². The van der Waals surface area contributed by atoms with Gasteiger partial charge in [0, 0.05) is 17.7 Å². The number of hydrogen-bond acceptors (Lipinski definition) is 2. The Morgan fingerprint density at radius 1 is 1.15 bits per heavy atom. The van der Waals surface area contributed by atoms with Crippen LogP contribution in [0.3, 0.4) is 0 Å². The van der Waals surface area contributed by atoms with E-state index in [2.05, 4.69) is 13.8 Å². The lowest BCUT2D eigenvalue weighted by molar-refractivity contribution is 0.202. The lowest BCUT2D eigenvalue weighted by Crippen LogP contribution is -2.28. The van der Waals surface area contributed by atoms with E-state index >= 15 is 0 Å². The number of rotatable bonds is 4. The molecule has 2 rings (SSSR count). The van der Waals surface area contributed by atoms with Gasteiger partial charge in [0.15, 0.2) is 0 Å². The standard InChI is InChI=1S/C17H26FNO/c1-11(2)12-4-6-13(7-5-12)17(19)15-9-8-14(20-3)10-16(15)18/h8-13,17H,4-7,19H2,1-3H3. The number of hydrogen-bond donors (Lipinski definition) is 1. The second-order valence-electron chi connectivity index (χ2n) is 6.33. The van der Waals surface area contributed by atoms with Crippen molar-refractivity contribution < 1.29 is 9.13 Å². The van der Waals surface area contributed by atoms with Crippen LogP contribution in [-0.4, -0.2) is 7.11 Å². The van der Waals surface area contributed by atoms with Crippen LogP contribution >= 0.6 is 0 Å². The molecule has 0 amide bonds. The van der Waals surface area contributed by atoms with E-state index in [1.165, 1.54) is 18.9 Å². The van der Waals surface area contributed by atoms with Gasteiger partial charge in [-0.05, 0) is 49.5 Å². The molecule has 1 aromatic carbocycles. The molecule has 1 aromatic rings. The summed E-state index contributed by atoms with van der Waals surface area (Å²) >= 11 is 0. The van der Waals surface area contributed by atoms with Crippen molar-refractivity contribution in [2.45, 2.75) is 45.6 Å². The highest BCUT2D eigenvalue weighted by molar-refractivity contribution is 5.31. The summed E-state index contributed by atoms with van der Waals surface area (Å²) in [4.78, 5) is 0. The summed E-state index contributed by atoms with van der Waals surface area (Å²) in [5, 5.41) is 0. The smallest absolute Gasteiger partial charge is 0.131 e. The minimum Gasteiger partial charge on any atom is -0.497 e. The van der Waals surface area contributed by atoms with Crippen LogP contribution in [0.15, 0.2) is 18.2 Å². The van der Waals surface area contributed by atoms with E-state index in [1.807, 2.05) is 0 Å². The third-order valence-corrected chi connectivity index (χ3v) is 4.83. The fourth-order valence-corrected chi connectivity index (χ4v) is 3.33. The van der Waals surface area contributed by atoms with Gasteiger partial charge in [-0.3, -0.25) is 0 Å². The number of benzene rings is 1. The van der Waals surface area contributed by atoms with Crippen molar-refractivity contribution >= 4 is 0 Å². The minimum atomic E-state index is -0.247. The molecule has 1 atom stereocenters. The molecule has 0 heterocycles. The van der Waals surface area contributed by atoms with E-state index in [0.29, 0.717) is 17.2 Å². The van der Waals surface area contributed by atoms with E-state index in [-0.39, 0.29) is 11.9 Å². The van der Waals surface area contributed by atoms with E-state index in [4.69, 9.17) is 10.5 Å². The monoisotopic (exact) mass is 279 g/mol. The summed E-state index contributed by atoms with van der Waals surface area (Å²) in [5.74, 6) is 2.24. The van der Waals surface area contributed by atoms with Gasteiger partial charge in [-0.25, -0.2) is 4.39 Å². The number of nitrogens with two attached hydrogens (primary N) is 1. The van der Waals surface area contributed by atoms with Gasteiger partial charge in [-0.15, -0.1) is 0 Å². The summed E-state index contributed by atoms with van der Waals surface area (Å²) in [6.45, 7) is 4.57. The first-order chi connectivity index (χ1) is 9.52. The molecule has 0 spiro atoms. The first-order valence-corrected chi connectivity index (χ1v) is 7.62. The molecule has 0 aliphatic heterocycles. The zero-order valence-corrected chi connectivity index (χ0v) is 12.7. The van der Waals surface area contributed by atoms with Gasteiger partial charge in [0.2, 0.25) is 0 Å². The van der Waals surface area contributed by atoms with Gasteiger partial charge in [0.1, 0.15) is 11.6 Å². The van der Waals surface area contributed by atoms with E-state index < -0.39 is 0 Å². The third-order valence-electron chi connectivity index (χ3n) is 4.83.